The lowest BCUT2D eigenvalue weighted by molar-refractivity contribution is 0.460. The first-order valence-corrected chi connectivity index (χ1v) is 11.3. The highest BCUT2D eigenvalue weighted by Crippen LogP contribution is 2.36. The molecule has 6 rings (SSSR count). The van der Waals surface area contributed by atoms with Crippen molar-refractivity contribution in [3.05, 3.63) is 101 Å². The number of rotatable bonds is 2. The van der Waals surface area contributed by atoms with Crippen LogP contribution in [0.25, 0.3) is 44.5 Å². The summed E-state index contributed by atoms with van der Waals surface area (Å²) in [5, 5.41) is 4.52. The van der Waals surface area contributed by atoms with E-state index in [1.807, 2.05) is 43.3 Å². The van der Waals surface area contributed by atoms with E-state index in [9.17, 15) is 4.39 Å². The van der Waals surface area contributed by atoms with Crippen LogP contribution in [0, 0.1) is 26.6 Å². The molecule has 174 valence electrons. The molecule has 0 aliphatic carbocycles. The van der Waals surface area contributed by atoms with Gasteiger partial charge in [-0.3, -0.25) is 0 Å². The molecule has 4 aromatic carbocycles. The third kappa shape index (κ3) is 4.38. The van der Waals surface area contributed by atoms with E-state index < -0.39 is 0 Å². The zero-order chi connectivity index (χ0) is 24.5. The molecule has 0 amide bonds. The van der Waals surface area contributed by atoms with Gasteiger partial charge in [0.05, 0.1) is 16.4 Å². The Balaban J connectivity index is 0.000000192. The first kappa shape index (κ1) is 22.3. The molecular formula is C29H25FN4O. The van der Waals surface area contributed by atoms with E-state index in [4.69, 9.17) is 10.3 Å². The van der Waals surface area contributed by atoms with Crippen molar-refractivity contribution in [2.75, 3.05) is 5.73 Å². The lowest BCUT2D eigenvalue weighted by atomic mass is 9.92. The van der Waals surface area contributed by atoms with Crippen molar-refractivity contribution in [1.82, 2.24) is 15.1 Å². The normalized spacial score (nSPS) is 11.0. The number of benzene rings is 4. The number of nitrogens with zero attached hydrogens (tertiary/aromatic N) is 2. The minimum absolute atomic E-state index is 0.263. The maximum absolute atomic E-state index is 13.5. The molecule has 6 heteroatoms. The number of fused-ring (bicyclic) bond motifs is 2. The highest BCUT2D eigenvalue weighted by Gasteiger charge is 2.15. The maximum atomic E-state index is 13.5. The molecule has 0 bridgehead atoms. The first-order valence-electron chi connectivity index (χ1n) is 11.3. The average molecular weight is 465 g/mol. The third-order valence-electron chi connectivity index (χ3n) is 6.04. The largest absolute Gasteiger partial charge is 0.380 e. The minimum atomic E-state index is -0.263. The van der Waals surface area contributed by atoms with Gasteiger partial charge in [0.15, 0.2) is 11.4 Å². The smallest absolute Gasteiger partial charge is 0.174 e. The molecule has 2 heterocycles. The Morgan fingerprint density at radius 1 is 0.829 bits per heavy atom. The lowest BCUT2D eigenvalue weighted by Gasteiger charge is -2.13. The molecule has 0 radical (unpaired) electrons. The summed E-state index contributed by atoms with van der Waals surface area (Å²) in [6.07, 6.45) is 0. The van der Waals surface area contributed by atoms with Crippen molar-refractivity contribution < 1.29 is 8.91 Å². The molecule has 3 N–H and O–H groups in total. The number of aromatic nitrogens is 3. The number of aryl methyl sites for hydroxylation is 3. The monoisotopic (exact) mass is 464 g/mol. The predicted octanol–water partition coefficient (Wildman–Crippen LogP) is 7.37. The van der Waals surface area contributed by atoms with Gasteiger partial charge in [-0.05, 0) is 78.9 Å². The van der Waals surface area contributed by atoms with E-state index in [0.717, 1.165) is 39.0 Å². The Morgan fingerprint density at radius 2 is 1.60 bits per heavy atom. The summed E-state index contributed by atoms with van der Waals surface area (Å²) in [7, 11) is 0. The minimum Gasteiger partial charge on any atom is -0.380 e. The van der Waals surface area contributed by atoms with Crippen molar-refractivity contribution in [2.45, 2.75) is 20.8 Å². The van der Waals surface area contributed by atoms with Crippen molar-refractivity contribution in [2.24, 2.45) is 0 Å². The number of nitrogens with two attached hydrogens (primary N) is 1. The van der Waals surface area contributed by atoms with E-state index in [0.29, 0.717) is 11.3 Å². The SMILES string of the molecule is Cc1ccc2c(N)noc2c1.Cc1ccccc1-c1c(C)cccc1-c1nc2ccc(F)cc2[nH]1. The van der Waals surface area contributed by atoms with Gasteiger partial charge in [0.25, 0.3) is 0 Å². The Bertz CT molecular complexity index is 1660. The highest BCUT2D eigenvalue weighted by molar-refractivity contribution is 5.88. The molecule has 0 saturated heterocycles. The highest BCUT2D eigenvalue weighted by atomic mass is 19.1. The van der Waals surface area contributed by atoms with E-state index in [1.54, 1.807) is 6.07 Å². The van der Waals surface area contributed by atoms with Gasteiger partial charge in [-0.2, -0.15) is 0 Å². The summed E-state index contributed by atoms with van der Waals surface area (Å²) in [4.78, 5) is 7.92. The standard InChI is InChI=1S/C21H17FN2.C8H8N2O/c1-13-6-3-4-8-16(13)20-14(2)7-5-9-17(20)21-23-18-11-10-15(22)12-19(18)24-21;1-5-2-3-6-7(4-5)11-10-8(6)9/h3-12H,1-2H3,(H,23,24);2-4H,1H3,(H2,9,10). The molecule has 0 fully saturated rings. The fourth-order valence-corrected chi connectivity index (χ4v) is 4.25. The number of nitrogens with one attached hydrogen (secondary N) is 1. The Labute approximate surface area is 202 Å². The molecule has 35 heavy (non-hydrogen) atoms. The molecule has 5 nitrogen and oxygen atoms in total. The Morgan fingerprint density at radius 3 is 2.43 bits per heavy atom. The van der Waals surface area contributed by atoms with E-state index in [1.165, 1.54) is 28.8 Å². The van der Waals surface area contributed by atoms with Crippen LogP contribution in [0.15, 0.2) is 83.4 Å². The first-order chi connectivity index (χ1) is 16.9. The van der Waals surface area contributed by atoms with Gasteiger partial charge in [-0.1, -0.05) is 53.7 Å². The van der Waals surface area contributed by atoms with Crippen LogP contribution in [0.1, 0.15) is 16.7 Å². The fourth-order valence-electron chi connectivity index (χ4n) is 4.25. The van der Waals surface area contributed by atoms with Gasteiger partial charge in [-0.15, -0.1) is 0 Å². The lowest BCUT2D eigenvalue weighted by Crippen LogP contribution is -1.92. The molecule has 0 spiro atoms. The summed E-state index contributed by atoms with van der Waals surface area (Å²) in [5.41, 5.74) is 14.7. The number of hydrogen-bond donors (Lipinski definition) is 2. The second-order valence-electron chi connectivity index (χ2n) is 8.63. The summed E-state index contributed by atoms with van der Waals surface area (Å²) in [6, 6.07) is 25.0. The average Bonchev–Trinajstić information content (AvgIpc) is 3.42. The molecule has 0 atom stereocenters. The summed E-state index contributed by atoms with van der Waals surface area (Å²) < 4.78 is 18.4. The maximum Gasteiger partial charge on any atom is 0.174 e. The van der Waals surface area contributed by atoms with Crippen LogP contribution in [0.2, 0.25) is 0 Å². The summed E-state index contributed by atoms with van der Waals surface area (Å²) >= 11 is 0. The van der Waals surface area contributed by atoms with Crippen LogP contribution in [-0.2, 0) is 0 Å². The van der Waals surface area contributed by atoms with E-state index in [2.05, 4.69) is 53.2 Å². The van der Waals surface area contributed by atoms with Gasteiger partial charge >= 0.3 is 0 Å². The number of hydrogen-bond acceptors (Lipinski definition) is 4. The van der Waals surface area contributed by atoms with Crippen LogP contribution in [0.3, 0.4) is 0 Å². The third-order valence-corrected chi connectivity index (χ3v) is 6.04. The van der Waals surface area contributed by atoms with Crippen LogP contribution < -0.4 is 5.73 Å². The zero-order valence-electron chi connectivity index (χ0n) is 19.8. The number of halogens is 1. The van der Waals surface area contributed by atoms with Crippen molar-refractivity contribution in [3.63, 3.8) is 0 Å². The molecule has 0 aliphatic rings. The molecular weight excluding hydrogens is 439 g/mol. The zero-order valence-corrected chi connectivity index (χ0v) is 19.8. The van der Waals surface area contributed by atoms with Crippen LogP contribution in [-0.4, -0.2) is 15.1 Å². The fraction of sp³-hybridized carbons (Fsp3) is 0.103. The van der Waals surface area contributed by atoms with Gasteiger partial charge in [-0.25, -0.2) is 9.37 Å². The van der Waals surface area contributed by atoms with Crippen molar-refractivity contribution in [1.29, 1.82) is 0 Å². The molecule has 0 unspecified atom stereocenters. The number of anilines is 1. The second-order valence-corrected chi connectivity index (χ2v) is 8.63. The van der Waals surface area contributed by atoms with Crippen LogP contribution in [0.5, 0.6) is 0 Å². The van der Waals surface area contributed by atoms with Crippen molar-refractivity contribution in [3.8, 4) is 22.5 Å². The Hall–Kier alpha value is -4.45. The number of aromatic amines is 1. The van der Waals surface area contributed by atoms with Gasteiger partial charge in [0, 0.05) is 5.56 Å². The molecule has 0 aliphatic heterocycles. The number of imidazole rings is 1. The molecule has 0 saturated carbocycles. The topological polar surface area (TPSA) is 80.7 Å². The predicted molar refractivity (Wildman–Crippen MR) is 140 cm³/mol. The van der Waals surface area contributed by atoms with Crippen LogP contribution in [0.4, 0.5) is 10.2 Å². The van der Waals surface area contributed by atoms with Crippen molar-refractivity contribution >= 4 is 27.8 Å². The van der Waals surface area contributed by atoms with Gasteiger partial charge < -0.3 is 15.2 Å². The summed E-state index contributed by atoms with van der Waals surface area (Å²) in [6.45, 7) is 6.21. The summed E-state index contributed by atoms with van der Waals surface area (Å²) in [5.74, 6) is 0.957. The quantitative estimate of drug-likeness (QED) is 0.280. The Kier molecular flexibility index (Phi) is 5.79. The van der Waals surface area contributed by atoms with E-state index >= 15 is 0 Å². The second kappa shape index (κ2) is 9.06. The molecule has 2 aromatic heterocycles. The number of H-pyrrole nitrogens is 1. The number of nitrogen functional groups attached to an aromatic ring is 1. The van der Waals surface area contributed by atoms with Crippen LogP contribution >= 0.6 is 0 Å². The molecule has 6 aromatic rings. The van der Waals surface area contributed by atoms with Gasteiger partial charge in [0.2, 0.25) is 0 Å². The van der Waals surface area contributed by atoms with Gasteiger partial charge in [0.1, 0.15) is 11.6 Å². The van der Waals surface area contributed by atoms with E-state index in [-0.39, 0.29) is 5.82 Å².